The van der Waals surface area contributed by atoms with Gasteiger partial charge in [-0.2, -0.15) is 15.4 Å². The van der Waals surface area contributed by atoms with Gasteiger partial charge < -0.3 is 0 Å². The molecule has 0 amide bonds. The molecule has 2 aromatic heterocycles. The molecule has 0 aliphatic heterocycles. The minimum absolute atomic E-state index is 0.135. The van der Waals surface area contributed by atoms with E-state index in [0.29, 0.717) is 16.7 Å². The highest BCUT2D eigenvalue weighted by Gasteiger charge is 2.23. The van der Waals surface area contributed by atoms with Crippen molar-refractivity contribution in [1.82, 2.24) is 25.4 Å². The van der Waals surface area contributed by atoms with Gasteiger partial charge in [-0.1, -0.05) is 32.4 Å². The third-order valence-electron chi connectivity index (χ3n) is 2.17. The lowest BCUT2D eigenvalue weighted by Gasteiger charge is -2.20. The minimum Gasteiger partial charge on any atom is -0.230 e. The van der Waals surface area contributed by atoms with Gasteiger partial charge in [-0.05, 0) is 15.9 Å². The monoisotopic (exact) mass is 315 g/mol. The quantitative estimate of drug-likeness (QED) is 0.821. The van der Waals surface area contributed by atoms with Crippen LogP contribution < -0.4 is 0 Å². The second-order valence-corrected chi connectivity index (χ2v) is 5.76. The van der Waals surface area contributed by atoms with Gasteiger partial charge in [-0.3, -0.25) is 0 Å². The van der Waals surface area contributed by atoms with Crippen LogP contribution in [-0.4, -0.2) is 25.4 Å². The standard InChI is InChI=1S/C10H11BrClN5/c1-10(2,3)7-6(11)8(12)15-9(14-7)5-4-13-17-16-5/h4H,1-3H3,(H,13,16,17). The zero-order chi connectivity index (χ0) is 12.6. The summed E-state index contributed by atoms with van der Waals surface area (Å²) in [6.45, 7) is 6.18. The van der Waals surface area contributed by atoms with Crippen molar-refractivity contribution in [2.24, 2.45) is 0 Å². The number of nitrogens with zero attached hydrogens (tertiary/aromatic N) is 4. The largest absolute Gasteiger partial charge is 0.230 e. The van der Waals surface area contributed by atoms with E-state index in [1.807, 2.05) is 0 Å². The van der Waals surface area contributed by atoms with Crippen LogP contribution in [-0.2, 0) is 5.41 Å². The van der Waals surface area contributed by atoms with Gasteiger partial charge in [0.15, 0.2) is 5.82 Å². The molecule has 0 radical (unpaired) electrons. The average molecular weight is 317 g/mol. The molecule has 1 N–H and O–H groups in total. The lowest BCUT2D eigenvalue weighted by molar-refractivity contribution is 0.564. The molecular formula is C10H11BrClN5. The predicted molar refractivity (Wildman–Crippen MR) is 68.8 cm³/mol. The number of hydrogen-bond donors (Lipinski definition) is 1. The summed E-state index contributed by atoms with van der Waals surface area (Å²) in [6, 6.07) is 0. The fraction of sp³-hybridized carbons (Fsp3) is 0.400. The van der Waals surface area contributed by atoms with E-state index in [2.05, 4.69) is 62.1 Å². The molecule has 90 valence electrons. The summed E-state index contributed by atoms with van der Waals surface area (Å²) >= 11 is 9.50. The van der Waals surface area contributed by atoms with Gasteiger partial charge in [0.25, 0.3) is 0 Å². The Bertz CT molecular complexity index is 532. The highest BCUT2D eigenvalue weighted by molar-refractivity contribution is 9.10. The molecule has 0 fully saturated rings. The fourth-order valence-electron chi connectivity index (χ4n) is 1.34. The van der Waals surface area contributed by atoms with Gasteiger partial charge in [-0.25, -0.2) is 9.97 Å². The van der Waals surface area contributed by atoms with Crippen molar-refractivity contribution < 1.29 is 0 Å². The SMILES string of the molecule is CC(C)(C)c1nc(-c2cn[nH]n2)nc(Cl)c1Br. The Kier molecular flexibility index (Phi) is 3.18. The molecule has 2 heterocycles. The van der Waals surface area contributed by atoms with E-state index in [0.717, 1.165) is 10.2 Å². The summed E-state index contributed by atoms with van der Waals surface area (Å²) in [5.74, 6) is 0.469. The van der Waals surface area contributed by atoms with Crippen molar-refractivity contribution in [3.05, 3.63) is 21.5 Å². The Labute approximate surface area is 112 Å². The Morgan fingerprint density at radius 1 is 1.29 bits per heavy atom. The summed E-state index contributed by atoms with van der Waals surface area (Å²) in [5, 5.41) is 10.6. The van der Waals surface area contributed by atoms with Gasteiger partial charge in [-0.15, -0.1) is 0 Å². The van der Waals surface area contributed by atoms with Gasteiger partial charge in [0.2, 0.25) is 0 Å². The van der Waals surface area contributed by atoms with Gasteiger partial charge >= 0.3 is 0 Å². The van der Waals surface area contributed by atoms with Crippen molar-refractivity contribution in [3.63, 3.8) is 0 Å². The molecule has 5 nitrogen and oxygen atoms in total. The maximum absolute atomic E-state index is 6.09. The second-order valence-electron chi connectivity index (χ2n) is 4.61. The van der Waals surface area contributed by atoms with E-state index in [9.17, 15) is 0 Å². The fourth-order valence-corrected chi connectivity index (χ4v) is 2.28. The summed E-state index contributed by atoms with van der Waals surface area (Å²) in [4.78, 5) is 8.66. The number of H-pyrrole nitrogens is 1. The summed E-state index contributed by atoms with van der Waals surface area (Å²) in [7, 11) is 0. The number of aromatic nitrogens is 5. The first-order chi connectivity index (χ1) is 7.89. The first-order valence-electron chi connectivity index (χ1n) is 4.99. The van der Waals surface area contributed by atoms with Crippen LogP contribution in [0, 0.1) is 0 Å². The van der Waals surface area contributed by atoms with Gasteiger partial charge in [0.05, 0.1) is 16.4 Å². The first-order valence-corrected chi connectivity index (χ1v) is 6.16. The Balaban J connectivity index is 2.62. The van der Waals surface area contributed by atoms with Crippen LogP contribution in [0.5, 0.6) is 0 Å². The lowest BCUT2D eigenvalue weighted by Crippen LogP contribution is -2.16. The van der Waals surface area contributed by atoms with E-state index >= 15 is 0 Å². The van der Waals surface area contributed by atoms with Crippen LogP contribution in [0.2, 0.25) is 5.15 Å². The highest BCUT2D eigenvalue weighted by Crippen LogP contribution is 2.33. The van der Waals surface area contributed by atoms with Gasteiger partial charge in [0.1, 0.15) is 10.8 Å². The molecule has 0 aromatic carbocycles. The zero-order valence-electron chi connectivity index (χ0n) is 9.62. The van der Waals surface area contributed by atoms with E-state index in [-0.39, 0.29) is 5.41 Å². The van der Waals surface area contributed by atoms with E-state index < -0.39 is 0 Å². The number of nitrogens with one attached hydrogen (secondary N) is 1. The predicted octanol–water partition coefficient (Wildman–Crippen LogP) is 2.98. The van der Waals surface area contributed by atoms with Crippen LogP contribution in [0.4, 0.5) is 0 Å². The molecule has 0 bridgehead atoms. The maximum Gasteiger partial charge on any atom is 0.183 e. The smallest absolute Gasteiger partial charge is 0.183 e. The number of rotatable bonds is 1. The number of aromatic amines is 1. The van der Waals surface area contributed by atoms with Crippen LogP contribution in [0.1, 0.15) is 26.5 Å². The van der Waals surface area contributed by atoms with E-state index in [1.165, 1.54) is 0 Å². The molecule has 0 unspecified atom stereocenters. The van der Waals surface area contributed by atoms with Crippen LogP contribution in [0.15, 0.2) is 10.7 Å². The molecule has 0 aliphatic carbocycles. The Hall–Kier alpha value is -1.01. The molecule has 0 aliphatic rings. The summed E-state index contributed by atoms with van der Waals surface area (Å²) in [5.41, 5.74) is 1.28. The third kappa shape index (κ3) is 2.47. The van der Waals surface area contributed by atoms with Crippen LogP contribution >= 0.6 is 27.5 Å². The highest BCUT2D eigenvalue weighted by atomic mass is 79.9. The normalized spacial score (nSPS) is 11.8. The molecule has 0 saturated heterocycles. The van der Waals surface area contributed by atoms with Crippen LogP contribution in [0.3, 0.4) is 0 Å². The molecule has 7 heteroatoms. The molecule has 0 spiro atoms. The van der Waals surface area contributed by atoms with Crippen molar-refractivity contribution in [1.29, 1.82) is 0 Å². The maximum atomic E-state index is 6.09. The zero-order valence-corrected chi connectivity index (χ0v) is 12.0. The van der Waals surface area contributed by atoms with Crippen molar-refractivity contribution >= 4 is 27.5 Å². The van der Waals surface area contributed by atoms with Crippen LogP contribution in [0.25, 0.3) is 11.5 Å². The Morgan fingerprint density at radius 3 is 2.53 bits per heavy atom. The molecule has 0 atom stereocenters. The number of halogens is 2. The number of hydrogen-bond acceptors (Lipinski definition) is 4. The molecule has 2 rings (SSSR count). The first kappa shape index (κ1) is 12.4. The lowest BCUT2D eigenvalue weighted by atomic mass is 9.92. The van der Waals surface area contributed by atoms with Crippen molar-refractivity contribution in [2.75, 3.05) is 0 Å². The molecule has 17 heavy (non-hydrogen) atoms. The van der Waals surface area contributed by atoms with Crippen molar-refractivity contribution in [2.45, 2.75) is 26.2 Å². The average Bonchev–Trinajstić information content (AvgIpc) is 2.73. The third-order valence-corrected chi connectivity index (χ3v) is 3.42. The molecule has 2 aromatic rings. The molecule has 0 saturated carbocycles. The Morgan fingerprint density at radius 2 is 2.00 bits per heavy atom. The van der Waals surface area contributed by atoms with Gasteiger partial charge in [0, 0.05) is 5.41 Å². The van der Waals surface area contributed by atoms with E-state index in [4.69, 9.17) is 11.6 Å². The summed E-state index contributed by atoms with van der Waals surface area (Å²) in [6.07, 6.45) is 1.56. The molecular weight excluding hydrogens is 306 g/mol. The van der Waals surface area contributed by atoms with E-state index in [1.54, 1.807) is 6.20 Å². The topological polar surface area (TPSA) is 67.3 Å². The second kappa shape index (κ2) is 4.34. The minimum atomic E-state index is -0.135. The van der Waals surface area contributed by atoms with Crippen molar-refractivity contribution in [3.8, 4) is 11.5 Å². The summed E-state index contributed by atoms with van der Waals surface area (Å²) < 4.78 is 0.721.